The van der Waals surface area contributed by atoms with Crippen molar-refractivity contribution in [1.29, 1.82) is 0 Å². The van der Waals surface area contributed by atoms with Crippen LogP contribution in [0.1, 0.15) is 64.3 Å². The predicted molar refractivity (Wildman–Crippen MR) is 150 cm³/mol. The number of amides is 1. The molecule has 1 unspecified atom stereocenters. The van der Waals surface area contributed by atoms with Gasteiger partial charge in [-0.2, -0.15) is 0 Å². The Hall–Kier alpha value is -4.06. The minimum Gasteiger partial charge on any atom is -0.507 e. The minimum atomic E-state index is -0.799. The molecule has 4 rings (SSSR count). The van der Waals surface area contributed by atoms with Crippen molar-refractivity contribution in [2.24, 2.45) is 0 Å². The van der Waals surface area contributed by atoms with Gasteiger partial charge in [-0.25, -0.2) is 0 Å². The third kappa shape index (κ3) is 5.44. The van der Waals surface area contributed by atoms with Crippen molar-refractivity contribution in [2.45, 2.75) is 59.1 Å². The van der Waals surface area contributed by atoms with E-state index in [1.165, 1.54) is 4.90 Å². The summed E-state index contributed by atoms with van der Waals surface area (Å²) in [6.07, 6.45) is 0.00511. The smallest absolute Gasteiger partial charge is 0.300 e. The molecule has 198 valence electrons. The van der Waals surface area contributed by atoms with E-state index in [2.05, 4.69) is 20.8 Å². The maximum absolute atomic E-state index is 13.4. The summed E-state index contributed by atoms with van der Waals surface area (Å²) < 4.78 is 11.3. The first kappa shape index (κ1) is 27.0. The van der Waals surface area contributed by atoms with Crippen molar-refractivity contribution in [3.8, 4) is 11.5 Å². The third-order valence-corrected chi connectivity index (χ3v) is 6.46. The second-order valence-corrected chi connectivity index (χ2v) is 10.7. The van der Waals surface area contributed by atoms with Crippen molar-refractivity contribution < 1.29 is 24.2 Å². The topological polar surface area (TPSA) is 76.1 Å². The molecular weight excluding hydrogens is 478 g/mol. The van der Waals surface area contributed by atoms with Crippen LogP contribution in [0.4, 0.5) is 5.69 Å². The van der Waals surface area contributed by atoms with E-state index >= 15 is 0 Å². The first-order valence-electron chi connectivity index (χ1n) is 12.9. The van der Waals surface area contributed by atoms with Gasteiger partial charge in [0.15, 0.2) is 0 Å². The number of anilines is 1. The number of Topliss-reactive ketones (excluding diaryl/α,β-unsaturated/α-hetero) is 1. The van der Waals surface area contributed by atoms with Crippen LogP contribution < -0.4 is 14.4 Å². The van der Waals surface area contributed by atoms with Gasteiger partial charge in [0.1, 0.15) is 17.3 Å². The molecular formula is C32H35NO5. The number of carbonyl (C=O) groups excluding carboxylic acids is 2. The summed E-state index contributed by atoms with van der Waals surface area (Å²) in [6, 6.07) is 21.0. The number of ketones is 1. The van der Waals surface area contributed by atoms with Gasteiger partial charge in [0, 0.05) is 11.3 Å². The first-order chi connectivity index (χ1) is 18.0. The van der Waals surface area contributed by atoms with Gasteiger partial charge in [-0.1, -0.05) is 45.0 Å². The normalized spacial score (nSPS) is 17.2. The van der Waals surface area contributed by atoms with E-state index < -0.39 is 17.7 Å². The Morgan fingerprint density at radius 3 is 2.00 bits per heavy atom. The van der Waals surface area contributed by atoms with Crippen LogP contribution in [0, 0.1) is 0 Å². The molecule has 6 heteroatoms. The van der Waals surface area contributed by atoms with E-state index in [-0.39, 0.29) is 22.9 Å². The summed E-state index contributed by atoms with van der Waals surface area (Å²) in [5, 5.41) is 11.4. The predicted octanol–water partition coefficient (Wildman–Crippen LogP) is 6.80. The van der Waals surface area contributed by atoms with E-state index in [1.54, 1.807) is 48.5 Å². The number of rotatable bonds is 7. The summed E-state index contributed by atoms with van der Waals surface area (Å²) in [5.41, 5.74) is 2.81. The van der Waals surface area contributed by atoms with E-state index in [1.807, 2.05) is 45.0 Å². The highest BCUT2D eigenvalue weighted by atomic mass is 16.5. The van der Waals surface area contributed by atoms with Crippen LogP contribution in [0.3, 0.4) is 0 Å². The van der Waals surface area contributed by atoms with Crippen LogP contribution in [0.15, 0.2) is 78.4 Å². The molecule has 1 amide bonds. The summed E-state index contributed by atoms with van der Waals surface area (Å²) in [6.45, 7) is 12.7. The number of hydrogen-bond acceptors (Lipinski definition) is 5. The second-order valence-electron chi connectivity index (χ2n) is 10.7. The SMILES string of the molecule is CCOc1ccc(/C(O)=C2/C(=O)C(=O)N(c3ccc(OC(C)C)cc3)C2c2ccc(C(C)(C)C)cc2)cc1. The molecule has 0 aliphatic carbocycles. The Labute approximate surface area is 224 Å². The van der Waals surface area contributed by atoms with Crippen LogP contribution in [0.25, 0.3) is 5.76 Å². The Morgan fingerprint density at radius 2 is 1.47 bits per heavy atom. The number of aliphatic hydroxyl groups is 1. The highest BCUT2D eigenvalue weighted by molar-refractivity contribution is 6.51. The molecule has 1 aliphatic rings. The average Bonchev–Trinajstić information content (AvgIpc) is 3.14. The first-order valence-corrected chi connectivity index (χ1v) is 12.9. The molecule has 0 aromatic heterocycles. The Morgan fingerprint density at radius 1 is 0.895 bits per heavy atom. The molecule has 0 bridgehead atoms. The fourth-order valence-electron chi connectivity index (χ4n) is 4.57. The van der Waals surface area contributed by atoms with E-state index in [9.17, 15) is 14.7 Å². The standard InChI is InChI=1S/C32H35NO5/c1-7-37-25-16-10-22(11-17-25)29(34)27-28(21-8-12-23(13-9-21)32(4,5)6)33(31(36)30(27)35)24-14-18-26(19-15-24)38-20(2)3/h8-20,28,34H,7H2,1-6H3/b29-27-. The van der Waals surface area contributed by atoms with Gasteiger partial charge in [0.05, 0.1) is 24.3 Å². The molecule has 1 atom stereocenters. The molecule has 1 N–H and O–H groups in total. The Bertz CT molecular complexity index is 1330. The molecule has 0 saturated carbocycles. The van der Waals surface area contributed by atoms with Crippen molar-refractivity contribution in [3.63, 3.8) is 0 Å². The van der Waals surface area contributed by atoms with Gasteiger partial charge in [-0.05, 0) is 85.8 Å². The monoisotopic (exact) mass is 513 g/mol. The number of benzene rings is 3. The van der Waals surface area contributed by atoms with Crippen molar-refractivity contribution in [1.82, 2.24) is 0 Å². The maximum Gasteiger partial charge on any atom is 0.300 e. The largest absolute Gasteiger partial charge is 0.507 e. The van der Waals surface area contributed by atoms with Gasteiger partial charge in [-0.3, -0.25) is 14.5 Å². The molecule has 38 heavy (non-hydrogen) atoms. The summed E-state index contributed by atoms with van der Waals surface area (Å²) in [7, 11) is 0. The number of nitrogens with zero attached hydrogens (tertiary/aromatic N) is 1. The fourth-order valence-corrected chi connectivity index (χ4v) is 4.57. The number of carbonyl (C=O) groups is 2. The number of hydrogen-bond donors (Lipinski definition) is 1. The molecule has 1 heterocycles. The summed E-state index contributed by atoms with van der Waals surface area (Å²) >= 11 is 0. The third-order valence-electron chi connectivity index (χ3n) is 6.46. The van der Waals surface area contributed by atoms with Crippen molar-refractivity contribution in [3.05, 3.63) is 95.1 Å². The molecule has 1 fully saturated rings. The van der Waals surface area contributed by atoms with Crippen LogP contribution in [0.5, 0.6) is 11.5 Å². The van der Waals surface area contributed by atoms with Gasteiger partial charge < -0.3 is 14.6 Å². The Balaban J connectivity index is 1.84. The van der Waals surface area contributed by atoms with Gasteiger partial charge in [0.2, 0.25) is 0 Å². The van der Waals surface area contributed by atoms with Crippen molar-refractivity contribution >= 4 is 23.1 Å². The highest BCUT2D eigenvalue weighted by Crippen LogP contribution is 2.43. The molecule has 0 spiro atoms. The lowest BCUT2D eigenvalue weighted by atomic mass is 9.85. The second kappa shape index (κ2) is 10.7. The average molecular weight is 514 g/mol. The van der Waals surface area contributed by atoms with E-state index in [0.29, 0.717) is 29.4 Å². The lowest BCUT2D eigenvalue weighted by Crippen LogP contribution is -2.29. The van der Waals surface area contributed by atoms with Crippen molar-refractivity contribution in [2.75, 3.05) is 11.5 Å². The molecule has 1 saturated heterocycles. The molecule has 0 radical (unpaired) electrons. The zero-order valence-electron chi connectivity index (χ0n) is 22.8. The zero-order valence-corrected chi connectivity index (χ0v) is 22.8. The summed E-state index contributed by atoms with van der Waals surface area (Å²) in [5.74, 6) is -0.328. The lowest BCUT2D eigenvalue weighted by molar-refractivity contribution is -0.132. The number of aliphatic hydroxyl groups excluding tert-OH is 1. The molecule has 1 aliphatic heterocycles. The molecule has 3 aromatic carbocycles. The zero-order chi connectivity index (χ0) is 27.6. The molecule has 6 nitrogen and oxygen atoms in total. The number of ether oxygens (including phenoxy) is 2. The maximum atomic E-state index is 13.4. The lowest BCUT2D eigenvalue weighted by Gasteiger charge is -2.27. The van der Waals surface area contributed by atoms with Crippen LogP contribution >= 0.6 is 0 Å². The van der Waals surface area contributed by atoms with Gasteiger partial charge >= 0.3 is 0 Å². The summed E-state index contributed by atoms with van der Waals surface area (Å²) in [4.78, 5) is 28.3. The highest BCUT2D eigenvalue weighted by Gasteiger charge is 2.47. The van der Waals surface area contributed by atoms with Gasteiger partial charge in [-0.15, -0.1) is 0 Å². The van der Waals surface area contributed by atoms with Crippen LogP contribution in [-0.4, -0.2) is 29.5 Å². The fraction of sp³-hybridized carbons (Fsp3) is 0.312. The minimum absolute atomic E-state index is 0.00511. The van der Waals surface area contributed by atoms with E-state index in [0.717, 1.165) is 11.1 Å². The Kier molecular flexibility index (Phi) is 7.63. The van der Waals surface area contributed by atoms with E-state index in [4.69, 9.17) is 9.47 Å². The van der Waals surface area contributed by atoms with Gasteiger partial charge in [0.25, 0.3) is 11.7 Å². The van der Waals surface area contributed by atoms with Crippen LogP contribution in [-0.2, 0) is 15.0 Å². The van der Waals surface area contributed by atoms with Crippen LogP contribution in [0.2, 0.25) is 0 Å². The quantitative estimate of drug-likeness (QED) is 0.214. The molecule has 3 aromatic rings.